The summed E-state index contributed by atoms with van der Waals surface area (Å²) in [4.78, 5) is 12.4. The van der Waals surface area contributed by atoms with Gasteiger partial charge in [-0.2, -0.15) is 0 Å². The Morgan fingerprint density at radius 3 is 2.67 bits per heavy atom. The van der Waals surface area contributed by atoms with E-state index in [1.165, 1.54) is 18.9 Å². The summed E-state index contributed by atoms with van der Waals surface area (Å²) in [6.45, 7) is 0.209. The number of hydrogen-bond acceptors (Lipinski definition) is 7. The van der Waals surface area contributed by atoms with E-state index in [0.29, 0.717) is 38.9 Å². The van der Waals surface area contributed by atoms with Gasteiger partial charge >= 0.3 is 0 Å². The van der Waals surface area contributed by atoms with Gasteiger partial charge in [0.2, 0.25) is 5.91 Å². The SMILES string of the molecule is COc1ccc(OC)c(NC(=O)CSc2nnc(COc3ccccc3Cl)n2C)c1. The normalized spacial score (nSPS) is 10.5. The van der Waals surface area contributed by atoms with Crippen LogP contribution < -0.4 is 19.5 Å². The number of para-hydroxylation sites is 1. The molecule has 2 aromatic carbocycles. The summed E-state index contributed by atoms with van der Waals surface area (Å²) in [6, 6.07) is 12.4. The first-order valence-electron chi connectivity index (χ1n) is 8.92. The molecular formula is C20H21ClN4O4S. The van der Waals surface area contributed by atoms with Crippen LogP contribution in [0.3, 0.4) is 0 Å². The van der Waals surface area contributed by atoms with Crippen LogP contribution in [0.2, 0.25) is 5.02 Å². The van der Waals surface area contributed by atoms with E-state index in [1.54, 1.807) is 42.0 Å². The van der Waals surface area contributed by atoms with E-state index in [0.717, 1.165) is 0 Å². The summed E-state index contributed by atoms with van der Waals surface area (Å²) in [5, 5.41) is 12.2. The highest BCUT2D eigenvalue weighted by atomic mass is 35.5. The molecule has 0 saturated carbocycles. The second-order valence-corrected chi connectivity index (χ2v) is 7.43. The molecule has 158 valence electrons. The first-order chi connectivity index (χ1) is 14.5. The van der Waals surface area contributed by atoms with Crippen molar-refractivity contribution in [1.82, 2.24) is 14.8 Å². The number of nitrogens with one attached hydrogen (secondary N) is 1. The van der Waals surface area contributed by atoms with Crippen molar-refractivity contribution in [3.63, 3.8) is 0 Å². The number of methoxy groups -OCH3 is 2. The molecule has 1 N–H and O–H groups in total. The summed E-state index contributed by atoms with van der Waals surface area (Å²) in [7, 11) is 4.92. The number of carbonyl (C=O) groups excluding carboxylic acids is 1. The molecule has 1 aromatic heterocycles. The van der Waals surface area contributed by atoms with E-state index >= 15 is 0 Å². The number of carbonyl (C=O) groups is 1. The first-order valence-corrected chi connectivity index (χ1v) is 10.3. The summed E-state index contributed by atoms with van der Waals surface area (Å²) in [5.41, 5.74) is 0.536. The summed E-state index contributed by atoms with van der Waals surface area (Å²) in [6.07, 6.45) is 0. The molecule has 0 aliphatic heterocycles. The minimum atomic E-state index is -0.205. The van der Waals surface area contributed by atoms with Gasteiger partial charge in [0.1, 0.15) is 23.9 Å². The molecule has 1 amide bonds. The van der Waals surface area contributed by atoms with Crippen LogP contribution in [0, 0.1) is 0 Å². The van der Waals surface area contributed by atoms with E-state index in [4.69, 9.17) is 25.8 Å². The van der Waals surface area contributed by atoms with Crippen LogP contribution in [0.1, 0.15) is 5.82 Å². The minimum absolute atomic E-state index is 0.151. The molecule has 0 radical (unpaired) electrons. The van der Waals surface area contributed by atoms with E-state index < -0.39 is 0 Å². The number of nitrogens with zero attached hydrogens (tertiary/aromatic N) is 3. The molecule has 0 saturated heterocycles. The molecule has 0 bridgehead atoms. The van der Waals surface area contributed by atoms with Gasteiger partial charge in [0, 0.05) is 13.1 Å². The van der Waals surface area contributed by atoms with Crippen molar-refractivity contribution in [2.24, 2.45) is 7.05 Å². The lowest BCUT2D eigenvalue weighted by molar-refractivity contribution is -0.113. The number of benzene rings is 2. The minimum Gasteiger partial charge on any atom is -0.497 e. The van der Waals surface area contributed by atoms with Crippen molar-refractivity contribution in [3.8, 4) is 17.2 Å². The highest BCUT2D eigenvalue weighted by Gasteiger charge is 2.14. The van der Waals surface area contributed by atoms with Gasteiger partial charge < -0.3 is 24.1 Å². The Morgan fingerprint density at radius 1 is 1.13 bits per heavy atom. The van der Waals surface area contributed by atoms with Crippen LogP contribution >= 0.6 is 23.4 Å². The maximum atomic E-state index is 12.4. The lowest BCUT2D eigenvalue weighted by atomic mass is 10.2. The van der Waals surface area contributed by atoms with Gasteiger partial charge in [-0.3, -0.25) is 4.79 Å². The second kappa shape index (κ2) is 10.2. The maximum absolute atomic E-state index is 12.4. The van der Waals surface area contributed by atoms with Crippen molar-refractivity contribution in [1.29, 1.82) is 0 Å². The third-order valence-corrected chi connectivity index (χ3v) is 5.46. The molecule has 1 heterocycles. The van der Waals surface area contributed by atoms with Crippen LogP contribution in [0.5, 0.6) is 17.2 Å². The third-order valence-electron chi connectivity index (χ3n) is 4.13. The van der Waals surface area contributed by atoms with Gasteiger partial charge in [-0.15, -0.1) is 10.2 Å². The summed E-state index contributed by atoms with van der Waals surface area (Å²) in [5.74, 6) is 2.30. The molecule has 0 aliphatic rings. The van der Waals surface area contributed by atoms with Gasteiger partial charge in [0.15, 0.2) is 11.0 Å². The van der Waals surface area contributed by atoms with Gasteiger partial charge in [-0.1, -0.05) is 35.5 Å². The Kier molecular flexibility index (Phi) is 7.42. The average Bonchev–Trinajstić information content (AvgIpc) is 3.11. The molecule has 30 heavy (non-hydrogen) atoms. The number of hydrogen-bond donors (Lipinski definition) is 1. The van der Waals surface area contributed by atoms with E-state index in [-0.39, 0.29) is 18.3 Å². The Bertz CT molecular complexity index is 1030. The summed E-state index contributed by atoms with van der Waals surface area (Å²) >= 11 is 7.36. The third kappa shape index (κ3) is 5.37. The molecule has 3 aromatic rings. The lowest BCUT2D eigenvalue weighted by Gasteiger charge is -2.11. The topological polar surface area (TPSA) is 87.5 Å². The zero-order valence-electron chi connectivity index (χ0n) is 16.7. The highest BCUT2D eigenvalue weighted by Crippen LogP contribution is 2.29. The molecular weight excluding hydrogens is 428 g/mol. The number of halogens is 1. The Balaban J connectivity index is 1.57. The summed E-state index contributed by atoms with van der Waals surface area (Å²) < 4.78 is 17.9. The Hall–Kier alpha value is -2.91. The fourth-order valence-electron chi connectivity index (χ4n) is 2.53. The van der Waals surface area contributed by atoms with Crippen LogP contribution in [-0.2, 0) is 18.4 Å². The number of amides is 1. The molecule has 0 atom stereocenters. The van der Waals surface area contributed by atoms with Crippen LogP contribution in [0.15, 0.2) is 47.6 Å². The molecule has 0 aliphatic carbocycles. The van der Waals surface area contributed by atoms with Crippen molar-refractivity contribution >= 4 is 35.0 Å². The van der Waals surface area contributed by atoms with E-state index in [1.807, 2.05) is 19.2 Å². The Morgan fingerprint density at radius 2 is 1.93 bits per heavy atom. The fourth-order valence-corrected chi connectivity index (χ4v) is 3.45. The second-order valence-electron chi connectivity index (χ2n) is 6.08. The number of anilines is 1. The zero-order chi connectivity index (χ0) is 21.5. The van der Waals surface area contributed by atoms with Crippen molar-refractivity contribution in [3.05, 3.63) is 53.3 Å². The highest BCUT2D eigenvalue weighted by molar-refractivity contribution is 7.99. The average molecular weight is 449 g/mol. The monoisotopic (exact) mass is 448 g/mol. The molecule has 3 rings (SSSR count). The van der Waals surface area contributed by atoms with Crippen molar-refractivity contribution < 1.29 is 19.0 Å². The van der Waals surface area contributed by atoms with Crippen LogP contribution in [0.4, 0.5) is 5.69 Å². The molecule has 0 fully saturated rings. The zero-order valence-corrected chi connectivity index (χ0v) is 18.3. The predicted molar refractivity (Wildman–Crippen MR) is 116 cm³/mol. The lowest BCUT2D eigenvalue weighted by Crippen LogP contribution is -2.15. The van der Waals surface area contributed by atoms with Crippen molar-refractivity contribution in [2.45, 2.75) is 11.8 Å². The van der Waals surface area contributed by atoms with Gasteiger partial charge in [-0.05, 0) is 24.3 Å². The van der Waals surface area contributed by atoms with Gasteiger partial charge in [0.25, 0.3) is 0 Å². The van der Waals surface area contributed by atoms with Crippen molar-refractivity contribution in [2.75, 3.05) is 25.3 Å². The van der Waals surface area contributed by atoms with Gasteiger partial charge in [-0.25, -0.2) is 0 Å². The quantitative estimate of drug-likeness (QED) is 0.498. The first kappa shape index (κ1) is 21.8. The fraction of sp³-hybridized carbons (Fsp3) is 0.250. The van der Waals surface area contributed by atoms with Gasteiger partial charge in [0.05, 0.1) is 30.7 Å². The van der Waals surface area contributed by atoms with E-state index in [2.05, 4.69) is 15.5 Å². The molecule has 0 unspecified atom stereocenters. The molecule has 0 spiro atoms. The smallest absolute Gasteiger partial charge is 0.234 e. The van der Waals surface area contributed by atoms with Crippen LogP contribution in [-0.4, -0.2) is 40.6 Å². The molecule has 8 nitrogen and oxygen atoms in total. The standard InChI is InChI=1S/C20H21ClN4O4S/c1-25-18(11-29-16-7-5-4-6-14(16)21)23-24-20(25)30-12-19(26)22-15-10-13(27-2)8-9-17(15)28-3/h4-10H,11-12H2,1-3H3,(H,22,26). The largest absolute Gasteiger partial charge is 0.497 e. The Labute approximate surface area is 183 Å². The van der Waals surface area contributed by atoms with E-state index in [9.17, 15) is 4.79 Å². The number of rotatable bonds is 9. The number of aromatic nitrogens is 3. The maximum Gasteiger partial charge on any atom is 0.234 e. The number of thioether (sulfide) groups is 1. The van der Waals surface area contributed by atoms with Crippen LogP contribution in [0.25, 0.3) is 0 Å². The molecule has 10 heteroatoms. The number of ether oxygens (including phenoxy) is 3. The predicted octanol–water partition coefficient (Wildman–Crippen LogP) is 3.80.